The molecule has 15 heavy (non-hydrogen) atoms. The molecule has 0 aromatic heterocycles. The number of carbonyl (C=O) groups excluding carboxylic acids is 1. The molecule has 1 heterocycles. The standard InChI is InChI=1S/C12H16O3/c1-14-12-8-5-6-9(13)7-3-2-4-10(15-12)11(7)8/h5-8,10-12H,2-4H2,1H3/t7-,8+,10-,11-,12?/m0/s1. The van der Waals surface area contributed by atoms with E-state index < -0.39 is 0 Å². The molecule has 0 bridgehead atoms. The Balaban J connectivity index is 1.95. The highest BCUT2D eigenvalue weighted by Crippen LogP contribution is 2.47. The Labute approximate surface area is 89.4 Å². The molecular weight excluding hydrogens is 192 g/mol. The van der Waals surface area contributed by atoms with Crippen molar-refractivity contribution in [2.24, 2.45) is 17.8 Å². The average molecular weight is 208 g/mol. The van der Waals surface area contributed by atoms with Gasteiger partial charge in [-0.3, -0.25) is 4.79 Å². The van der Waals surface area contributed by atoms with Crippen LogP contribution in [0, 0.1) is 17.8 Å². The van der Waals surface area contributed by atoms with Crippen LogP contribution in [0.5, 0.6) is 0 Å². The molecule has 3 rings (SSSR count). The number of hydrogen-bond acceptors (Lipinski definition) is 3. The van der Waals surface area contributed by atoms with Crippen molar-refractivity contribution in [1.29, 1.82) is 0 Å². The summed E-state index contributed by atoms with van der Waals surface area (Å²) in [5.74, 6) is 1.16. The molecule has 3 nitrogen and oxygen atoms in total. The third-order valence-corrected chi connectivity index (χ3v) is 4.05. The summed E-state index contributed by atoms with van der Waals surface area (Å²) in [4.78, 5) is 11.8. The molecule has 2 aliphatic carbocycles. The molecule has 0 amide bonds. The SMILES string of the molecule is COC1O[C@H]2CCC[C@H]3C(=O)C=C[C@@H]1[C@@H]23. The second-order valence-corrected chi connectivity index (χ2v) is 4.73. The summed E-state index contributed by atoms with van der Waals surface area (Å²) >= 11 is 0. The van der Waals surface area contributed by atoms with E-state index in [1.54, 1.807) is 13.2 Å². The van der Waals surface area contributed by atoms with Crippen molar-refractivity contribution in [3.8, 4) is 0 Å². The van der Waals surface area contributed by atoms with Gasteiger partial charge in [-0.15, -0.1) is 0 Å². The van der Waals surface area contributed by atoms with Crippen molar-refractivity contribution in [1.82, 2.24) is 0 Å². The van der Waals surface area contributed by atoms with E-state index in [1.165, 1.54) is 0 Å². The molecule has 0 radical (unpaired) electrons. The van der Waals surface area contributed by atoms with E-state index >= 15 is 0 Å². The molecule has 0 aromatic carbocycles. The third kappa shape index (κ3) is 1.30. The largest absolute Gasteiger partial charge is 0.355 e. The lowest BCUT2D eigenvalue weighted by Crippen LogP contribution is -2.39. The van der Waals surface area contributed by atoms with Gasteiger partial charge in [0.15, 0.2) is 12.1 Å². The van der Waals surface area contributed by atoms with E-state index in [0.29, 0.717) is 17.6 Å². The fourth-order valence-electron chi connectivity index (χ4n) is 3.40. The Morgan fingerprint density at radius 3 is 3.13 bits per heavy atom. The topological polar surface area (TPSA) is 35.5 Å². The van der Waals surface area contributed by atoms with E-state index in [9.17, 15) is 4.79 Å². The summed E-state index contributed by atoms with van der Waals surface area (Å²) in [6.07, 6.45) is 7.05. The van der Waals surface area contributed by atoms with Gasteiger partial charge in [-0.1, -0.05) is 12.5 Å². The maximum absolute atomic E-state index is 11.8. The molecule has 82 valence electrons. The Bertz CT molecular complexity index is 310. The van der Waals surface area contributed by atoms with E-state index in [4.69, 9.17) is 9.47 Å². The maximum atomic E-state index is 11.8. The predicted octanol–water partition coefficient (Wildman–Crippen LogP) is 1.53. The minimum atomic E-state index is -0.134. The minimum Gasteiger partial charge on any atom is -0.355 e. The Hall–Kier alpha value is -0.670. The van der Waals surface area contributed by atoms with Crippen LogP contribution in [0.2, 0.25) is 0 Å². The summed E-state index contributed by atoms with van der Waals surface area (Å²) in [6, 6.07) is 0. The smallest absolute Gasteiger partial charge is 0.164 e. The number of allylic oxidation sites excluding steroid dienone is 1. The molecule has 0 aromatic rings. The van der Waals surface area contributed by atoms with Gasteiger partial charge in [-0.25, -0.2) is 0 Å². The third-order valence-electron chi connectivity index (χ3n) is 4.05. The molecule has 0 N–H and O–H groups in total. The van der Waals surface area contributed by atoms with Gasteiger partial charge in [-0.05, 0) is 18.9 Å². The number of ether oxygens (including phenoxy) is 2. The highest BCUT2D eigenvalue weighted by Gasteiger charge is 2.51. The monoisotopic (exact) mass is 208 g/mol. The average Bonchev–Trinajstić information content (AvgIpc) is 2.63. The van der Waals surface area contributed by atoms with Crippen LogP contribution in [0.1, 0.15) is 19.3 Å². The van der Waals surface area contributed by atoms with Crippen LogP contribution in [-0.4, -0.2) is 25.3 Å². The number of hydrogen-bond donors (Lipinski definition) is 0. The summed E-state index contributed by atoms with van der Waals surface area (Å²) in [5.41, 5.74) is 0. The first-order valence-electron chi connectivity index (χ1n) is 5.71. The normalized spacial score (nSPS) is 48.1. The van der Waals surface area contributed by atoms with Gasteiger partial charge < -0.3 is 9.47 Å². The highest BCUT2D eigenvalue weighted by molar-refractivity contribution is 5.93. The summed E-state index contributed by atoms with van der Waals surface area (Å²) in [7, 11) is 1.68. The first-order chi connectivity index (χ1) is 7.31. The fraction of sp³-hybridized carbons (Fsp3) is 0.750. The van der Waals surface area contributed by atoms with E-state index in [-0.39, 0.29) is 18.3 Å². The van der Waals surface area contributed by atoms with Crippen molar-refractivity contribution >= 4 is 5.78 Å². The molecule has 1 aliphatic heterocycles. The first kappa shape index (κ1) is 9.55. The molecule has 3 heteroatoms. The van der Waals surface area contributed by atoms with E-state index in [1.807, 2.05) is 6.08 Å². The second-order valence-electron chi connectivity index (χ2n) is 4.73. The minimum absolute atomic E-state index is 0.134. The van der Waals surface area contributed by atoms with Crippen molar-refractivity contribution in [3.05, 3.63) is 12.2 Å². The van der Waals surface area contributed by atoms with E-state index in [2.05, 4.69) is 0 Å². The molecule has 1 saturated carbocycles. The highest BCUT2D eigenvalue weighted by atomic mass is 16.7. The first-order valence-corrected chi connectivity index (χ1v) is 5.71. The maximum Gasteiger partial charge on any atom is 0.164 e. The van der Waals surface area contributed by atoms with Crippen LogP contribution in [0.3, 0.4) is 0 Å². The fourth-order valence-corrected chi connectivity index (χ4v) is 3.40. The van der Waals surface area contributed by atoms with Crippen LogP contribution in [0.25, 0.3) is 0 Å². The van der Waals surface area contributed by atoms with Gasteiger partial charge in [-0.2, -0.15) is 0 Å². The summed E-state index contributed by atoms with van der Waals surface area (Å²) in [5, 5.41) is 0. The Morgan fingerprint density at radius 2 is 2.33 bits per heavy atom. The molecule has 0 spiro atoms. The Kier molecular flexibility index (Phi) is 2.18. The van der Waals surface area contributed by atoms with Crippen molar-refractivity contribution in [2.45, 2.75) is 31.7 Å². The van der Waals surface area contributed by atoms with Gasteiger partial charge in [0.2, 0.25) is 0 Å². The quantitative estimate of drug-likeness (QED) is 0.655. The second kappa shape index (κ2) is 3.42. The summed E-state index contributed by atoms with van der Waals surface area (Å²) in [6.45, 7) is 0. The van der Waals surface area contributed by atoms with Gasteiger partial charge in [0.25, 0.3) is 0 Å². The van der Waals surface area contributed by atoms with Gasteiger partial charge in [0.1, 0.15) is 0 Å². The van der Waals surface area contributed by atoms with Gasteiger partial charge >= 0.3 is 0 Å². The van der Waals surface area contributed by atoms with Crippen molar-refractivity contribution < 1.29 is 14.3 Å². The van der Waals surface area contributed by atoms with Crippen molar-refractivity contribution in [3.63, 3.8) is 0 Å². The molecule has 5 atom stereocenters. The zero-order valence-corrected chi connectivity index (χ0v) is 8.89. The number of ketones is 1. The van der Waals surface area contributed by atoms with E-state index in [0.717, 1.165) is 19.3 Å². The lowest BCUT2D eigenvalue weighted by atomic mass is 9.68. The zero-order valence-electron chi connectivity index (χ0n) is 8.89. The molecule has 2 fully saturated rings. The zero-order chi connectivity index (χ0) is 10.4. The van der Waals surface area contributed by atoms with Crippen LogP contribution in [0.4, 0.5) is 0 Å². The lowest BCUT2D eigenvalue weighted by molar-refractivity contribution is -0.130. The molecular formula is C12H16O3. The van der Waals surface area contributed by atoms with Crippen LogP contribution in [-0.2, 0) is 14.3 Å². The van der Waals surface area contributed by atoms with Gasteiger partial charge in [0, 0.05) is 24.9 Å². The molecule has 1 saturated heterocycles. The summed E-state index contributed by atoms with van der Waals surface area (Å²) < 4.78 is 11.2. The van der Waals surface area contributed by atoms with Crippen LogP contribution in [0.15, 0.2) is 12.2 Å². The Morgan fingerprint density at radius 1 is 1.47 bits per heavy atom. The molecule has 3 aliphatic rings. The van der Waals surface area contributed by atoms with Crippen LogP contribution >= 0.6 is 0 Å². The molecule has 1 unspecified atom stereocenters. The lowest BCUT2D eigenvalue weighted by Gasteiger charge is -2.35. The number of methoxy groups -OCH3 is 1. The predicted molar refractivity (Wildman–Crippen MR) is 54.1 cm³/mol. The number of carbonyl (C=O) groups is 1. The van der Waals surface area contributed by atoms with Crippen molar-refractivity contribution in [2.75, 3.05) is 7.11 Å². The van der Waals surface area contributed by atoms with Crippen LogP contribution < -0.4 is 0 Å². The van der Waals surface area contributed by atoms with Gasteiger partial charge in [0.05, 0.1) is 6.10 Å². The number of rotatable bonds is 1.